The smallest absolute Gasteiger partial charge is 0.251 e. The number of amides is 1. The maximum absolute atomic E-state index is 12.1. The van der Waals surface area contributed by atoms with Crippen molar-refractivity contribution in [1.82, 2.24) is 10.3 Å². The van der Waals surface area contributed by atoms with E-state index in [0.717, 1.165) is 21.3 Å². The number of carbonyl (C=O) groups is 1. The molecule has 1 N–H and O–H groups in total. The Hall–Kier alpha value is -1.68. The number of nitrogens with zero attached hydrogens (tertiary/aromatic N) is 1. The fourth-order valence-corrected chi connectivity index (χ4v) is 2.16. The van der Waals surface area contributed by atoms with E-state index < -0.39 is 0 Å². The van der Waals surface area contributed by atoms with Gasteiger partial charge in [0, 0.05) is 16.2 Å². The van der Waals surface area contributed by atoms with E-state index in [9.17, 15) is 4.79 Å². The fourth-order valence-electron chi connectivity index (χ4n) is 1.80. The Morgan fingerprint density at radius 2 is 2.05 bits per heavy atom. The van der Waals surface area contributed by atoms with Gasteiger partial charge in [0.15, 0.2) is 0 Å². The minimum Gasteiger partial charge on any atom is -0.346 e. The van der Waals surface area contributed by atoms with Gasteiger partial charge < -0.3 is 5.32 Å². The van der Waals surface area contributed by atoms with Gasteiger partial charge in [-0.3, -0.25) is 9.78 Å². The summed E-state index contributed by atoms with van der Waals surface area (Å²) in [6.45, 7) is 4.35. The first-order valence-corrected chi connectivity index (χ1v) is 6.82. The Morgan fingerprint density at radius 1 is 1.26 bits per heavy atom. The minimum absolute atomic E-state index is 0.0798. The van der Waals surface area contributed by atoms with E-state index >= 15 is 0 Å². The molecule has 3 nitrogen and oxygen atoms in total. The highest BCUT2D eigenvalue weighted by Crippen LogP contribution is 2.16. The Bertz CT molecular complexity index is 611. The summed E-state index contributed by atoms with van der Waals surface area (Å²) in [5.74, 6) is -0.0798. The third-order valence-corrected chi connectivity index (χ3v) is 3.47. The second-order valence-electron chi connectivity index (χ2n) is 4.41. The molecule has 1 aromatic heterocycles. The van der Waals surface area contributed by atoms with Crippen LogP contribution in [-0.4, -0.2) is 10.9 Å². The Balaban J connectivity index is 2.10. The molecule has 0 bridgehead atoms. The molecule has 0 aliphatic carbocycles. The molecule has 2 rings (SSSR count). The first-order valence-electron chi connectivity index (χ1n) is 6.03. The van der Waals surface area contributed by atoms with Crippen LogP contribution in [0.1, 0.15) is 27.2 Å². The molecule has 1 heterocycles. The van der Waals surface area contributed by atoms with Crippen molar-refractivity contribution < 1.29 is 4.79 Å². The molecule has 1 aromatic carbocycles. The topological polar surface area (TPSA) is 42.0 Å². The van der Waals surface area contributed by atoms with Crippen LogP contribution in [0.15, 0.2) is 41.0 Å². The third-order valence-electron chi connectivity index (χ3n) is 2.98. The fraction of sp³-hybridized carbons (Fsp3) is 0.200. The molecule has 19 heavy (non-hydrogen) atoms. The van der Waals surface area contributed by atoms with E-state index in [1.165, 1.54) is 0 Å². The Labute approximate surface area is 121 Å². The molecule has 0 spiro atoms. The molecule has 2 aromatic rings. The number of benzene rings is 1. The van der Waals surface area contributed by atoms with Crippen LogP contribution in [0.5, 0.6) is 0 Å². The standard InChI is InChI=1S/C15H15BrN2O/c1-10-5-6-12(16)8-13(10)15(19)18-9-14-11(2)4-3-7-17-14/h3-8H,9H2,1-2H3,(H,18,19). The van der Waals surface area contributed by atoms with Gasteiger partial charge in [-0.2, -0.15) is 0 Å². The molecule has 0 fully saturated rings. The molecule has 0 aliphatic heterocycles. The number of aryl methyl sites for hydroxylation is 2. The van der Waals surface area contributed by atoms with Crippen molar-refractivity contribution in [3.05, 3.63) is 63.4 Å². The number of pyridine rings is 1. The van der Waals surface area contributed by atoms with Gasteiger partial charge in [-0.25, -0.2) is 0 Å². The molecule has 0 aliphatic rings. The van der Waals surface area contributed by atoms with Crippen LogP contribution >= 0.6 is 15.9 Å². The van der Waals surface area contributed by atoms with E-state index in [0.29, 0.717) is 12.1 Å². The van der Waals surface area contributed by atoms with Gasteiger partial charge in [0.2, 0.25) is 0 Å². The summed E-state index contributed by atoms with van der Waals surface area (Å²) in [5, 5.41) is 2.90. The van der Waals surface area contributed by atoms with Crippen LogP contribution in [-0.2, 0) is 6.54 Å². The van der Waals surface area contributed by atoms with Gasteiger partial charge in [0.25, 0.3) is 5.91 Å². The molecule has 0 saturated heterocycles. The zero-order valence-corrected chi connectivity index (χ0v) is 12.5. The van der Waals surface area contributed by atoms with Crippen LogP contribution < -0.4 is 5.32 Å². The number of hydrogen-bond donors (Lipinski definition) is 1. The molecule has 0 radical (unpaired) electrons. The van der Waals surface area contributed by atoms with Crippen LogP contribution in [0, 0.1) is 13.8 Å². The van der Waals surface area contributed by atoms with Gasteiger partial charge in [-0.05, 0) is 43.2 Å². The zero-order valence-electron chi connectivity index (χ0n) is 10.9. The highest BCUT2D eigenvalue weighted by Gasteiger charge is 2.10. The van der Waals surface area contributed by atoms with Crippen molar-refractivity contribution in [3.8, 4) is 0 Å². The highest BCUT2D eigenvalue weighted by atomic mass is 79.9. The van der Waals surface area contributed by atoms with Crippen LogP contribution in [0.3, 0.4) is 0 Å². The largest absolute Gasteiger partial charge is 0.346 e. The first kappa shape index (κ1) is 13.7. The predicted molar refractivity (Wildman–Crippen MR) is 79.0 cm³/mol. The normalized spacial score (nSPS) is 10.3. The van der Waals surface area contributed by atoms with Crippen LogP contribution in [0.25, 0.3) is 0 Å². The van der Waals surface area contributed by atoms with E-state index in [2.05, 4.69) is 26.2 Å². The molecule has 0 saturated carbocycles. The summed E-state index contributed by atoms with van der Waals surface area (Å²) in [6.07, 6.45) is 1.73. The summed E-state index contributed by atoms with van der Waals surface area (Å²) in [5.41, 5.74) is 3.61. The van der Waals surface area contributed by atoms with Crippen molar-refractivity contribution in [2.24, 2.45) is 0 Å². The third kappa shape index (κ3) is 3.41. The van der Waals surface area contributed by atoms with E-state index in [4.69, 9.17) is 0 Å². The number of hydrogen-bond acceptors (Lipinski definition) is 2. The van der Waals surface area contributed by atoms with E-state index in [-0.39, 0.29) is 5.91 Å². The van der Waals surface area contributed by atoms with Crippen molar-refractivity contribution >= 4 is 21.8 Å². The lowest BCUT2D eigenvalue weighted by Gasteiger charge is -2.09. The molecule has 0 unspecified atom stereocenters. The summed E-state index contributed by atoms with van der Waals surface area (Å²) in [4.78, 5) is 16.4. The minimum atomic E-state index is -0.0798. The number of aromatic nitrogens is 1. The van der Waals surface area contributed by atoms with Crippen molar-refractivity contribution in [1.29, 1.82) is 0 Å². The van der Waals surface area contributed by atoms with Crippen molar-refractivity contribution in [2.45, 2.75) is 20.4 Å². The van der Waals surface area contributed by atoms with Crippen LogP contribution in [0.4, 0.5) is 0 Å². The van der Waals surface area contributed by atoms with Gasteiger partial charge in [-0.15, -0.1) is 0 Å². The average Bonchev–Trinajstić information content (AvgIpc) is 2.40. The van der Waals surface area contributed by atoms with Gasteiger partial charge in [-0.1, -0.05) is 28.1 Å². The number of carbonyl (C=O) groups excluding carboxylic acids is 1. The lowest BCUT2D eigenvalue weighted by molar-refractivity contribution is 0.0949. The average molecular weight is 319 g/mol. The highest BCUT2D eigenvalue weighted by molar-refractivity contribution is 9.10. The second-order valence-corrected chi connectivity index (χ2v) is 5.32. The summed E-state index contributed by atoms with van der Waals surface area (Å²) < 4.78 is 0.900. The molecular formula is C15H15BrN2O. The summed E-state index contributed by atoms with van der Waals surface area (Å²) in [7, 11) is 0. The summed E-state index contributed by atoms with van der Waals surface area (Å²) >= 11 is 3.38. The predicted octanol–water partition coefficient (Wildman–Crippen LogP) is 3.39. The molecule has 1 amide bonds. The lowest BCUT2D eigenvalue weighted by atomic mass is 10.1. The number of halogens is 1. The molecular weight excluding hydrogens is 304 g/mol. The SMILES string of the molecule is Cc1ccc(Br)cc1C(=O)NCc1ncccc1C. The Kier molecular flexibility index (Phi) is 4.32. The molecule has 0 atom stereocenters. The maximum atomic E-state index is 12.1. The maximum Gasteiger partial charge on any atom is 0.251 e. The van der Waals surface area contributed by atoms with Gasteiger partial charge >= 0.3 is 0 Å². The second kappa shape index (κ2) is 5.97. The molecule has 4 heteroatoms. The van der Waals surface area contributed by atoms with E-state index in [1.54, 1.807) is 6.20 Å². The van der Waals surface area contributed by atoms with Crippen LogP contribution in [0.2, 0.25) is 0 Å². The quantitative estimate of drug-likeness (QED) is 0.942. The van der Waals surface area contributed by atoms with Crippen molar-refractivity contribution in [3.63, 3.8) is 0 Å². The summed E-state index contributed by atoms with van der Waals surface area (Å²) in [6, 6.07) is 9.55. The number of nitrogens with one attached hydrogen (secondary N) is 1. The lowest BCUT2D eigenvalue weighted by Crippen LogP contribution is -2.24. The number of rotatable bonds is 3. The first-order chi connectivity index (χ1) is 9.08. The van der Waals surface area contributed by atoms with Crippen molar-refractivity contribution in [2.75, 3.05) is 0 Å². The van der Waals surface area contributed by atoms with E-state index in [1.807, 2.05) is 44.2 Å². The molecule has 98 valence electrons. The van der Waals surface area contributed by atoms with Gasteiger partial charge in [0.1, 0.15) is 0 Å². The Morgan fingerprint density at radius 3 is 2.79 bits per heavy atom. The monoisotopic (exact) mass is 318 g/mol. The van der Waals surface area contributed by atoms with Gasteiger partial charge in [0.05, 0.1) is 12.2 Å². The zero-order chi connectivity index (χ0) is 13.8.